The van der Waals surface area contributed by atoms with Gasteiger partial charge in [-0.1, -0.05) is 12.1 Å². The van der Waals surface area contributed by atoms with Crippen LogP contribution < -0.4 is 0 Å². The summed E-state index contributed by atoms with van der Waals surface area (Å²) in [7, 11) is 0. The number of rotatable bonds is 1. The molecule has 0 radical (unpaired) electrons. The summed E-state index contributed by atoms with van der Waals surface area (Å²) in [4.78, 5) is 24.1. The van der Waals surface area contributed by atoms with Gasteiger partial charge in [-0.2, -0.15) is 0 Å². The van der Waals surface area contributed by atoms with Crippen LogP contribution in [0.3, 0.4) is 0 Å². The van der Waals surface area contributed by atoms with Gasteiger partial charge in [-0.15, -0.1) is 0 Å². The van der Waals surface area contributed by atoms with E-state index in [-0.39, 0.29) is 23.7 Å². The topological polar surface area (TPSA) is 37.4 Å². The number of hydrogen-bond donors (Lipinski definition) is 0. The summed E-state index contributed by atoms with van der Waals surface area (Å²) in [6.07, 6.45) is 0.992. The highest BCUT2D eigenvalue weighted by atomic mass is 19.1. The molecule has 84 valence electrons. The van der Waals surface area contributed by atoms with E-state index in [2.05, 4.69) is 0 Å². The number of likely N-dealkylation sites (tertiary alicyclic amines) is 1. The molecule has 1 unspecified atom stereocenters. The van der Waals surface area contributed by atoms with E-state index in [4.69, 9.17) is 0 Å². The Balaban J connectivity index is 2.30. The Hall–Kier alpha value is -1.71. The Morgan fingerprint density at radius 1 is 1.38 bits per heavy atom. The van der Waals surface area contributed by atoms with Crippen molar-refractivity contribution < 1.29 is 14.0 Å². The van der Waals surface area contributed by atoms with Crippen LogP contribution in [0.15, 0.2) is 24.3 Å². The van der Waals surface area contributed by atoms with Crippen molar-refractivity contribution in [3.63, 3.8) is 0 Å². The molecule has 0 bridgehead atoms. The van der Waals surface area contributed by atoms with Gasteiger partial charge in [-0.05, 0) is 24.1 Å². The van der Waals surface area contributed by atoms with Crippen LogP contribution in [0, 0.1) is 5.82 Å². The van der Waals surface area contributed by atoms with Gasteiger partial charge in [0, 0.05) is 13.3 Å². The van der Waals surface area contributed by atoms with E-state index >= 15 is 0 Å². The summed E-state index contributed by atoms with van der Waals surface area (Å²) in [6, 6.07) is 5.70. The molecule has 1 aromatic rings. The van der Waals surface area contributed by atoms with Gasteiger partial charge in [0.25, 0.3) is 0 Å². The maximum atomic E-state index is 12.8. The molecular weight excluding hydrogens is 209 g/mol. The Labute approximate surface area is 92.9 Å². The summed E-state index contributed by atoms with van der Waals surface area (Å²) >= 11 is 0. The van der Waals surface area contributed by atoms with Gasteiger partial charge in [0.2, 0.25) is 11.8 Å². The van der Waals surface area contributed by atoms with Gasteiger partial charge in [0.1, 0.15) is 5.82 Å². The first-order valence-corrected chi connectivity index (χ1v) is 5.17. The number of carbonyl (C=O) groups excluding carboxylic acids is 2. The fraction of sp³-hybridized carbons (Fsp3) is 0.333. The lowest BCUT2D eigenvalue weighted by atomic mass is 10.0. The zero-order chi connectivity index (χ0) is 11.7. The van der Waals surface area contributed by atoms with Gasteiger partial charge in [-0.3, -0.25) is 14.5 Å². The molecule has 16 heavy (non-hydrogen) atoms. The van der Waals surface area contributed by atoms with Gasteiger partial charge >= 0.3 is 0 Å². The van der Waals surface area contributed by atoms with Crippen molar-refractivity contribution >= 4 is 11.8 Å². The van der Waals surface area contributed by atoms with Crippen molar-refractivity contribution in [3.8, 4) is 0 Å². The van der Waals surface area contributed by atoms with Crippen LogP contribution in [0.1, 0.15) is 31.4 Å². The number of hydrogen-bond acceptors (Lipinski definition) is 2. The number of nitrogens with zero attached hydrogens (tertiary/aromatic N) is 1. The highest BCUT2D eigenvalue weighted by Crippen LogP contribution is 2.32. The summed E-state index contributed by atoms with van der Waals surface area (Å²) in [5.41, 5.74) is 0.808. The molecule has 4 heteroatoms. The minimum atomic E-state index is -0.317. The average molecular weight is 221 g/mol. The highest BCUT2D eigenvalue weighted by Gasteiger charge is 2.34. The Kier molecular flexibility index (Phi) is 2.73. The Bertz CT molecular complexity index is 427. The van der Waals surface area contributed by atoms with E-state index in [0.29, 0.717) is 12.8 Å². The molecule has 0 aliphatic carbocycles. The molecule has 0 saturated carbocycles. The smallest absolute Gasteiger partial charge is 0.229 e. The van der Waals surface area contributed by atoms with Crippen molar-refractivity contribution in [1.29, 1.82) is 0 Å². The first kappa shape index (κ1) is 10.8. The molecule has 1 heterocycles. The summed E-state index contributed by atoms with van der Waals surface area (Å²) in [5, 5.41) is 0. The molecule has 1 atom stereocenters. The van der Waals surface area contributed by atoms with Crippen LogP contribution in [0.2, 0.25) is 0 Å². The van der Waals surface area contributed by atoms with E-state index in [0.717, 1.165) is 5.56 Å². The molecule has 1 aliphatic heterocycles. The first-order valence-electron chi connectivity index (χ1n) is 5.17. The molecule has 0 spiro atoms. The van der Waals surface area contributed by atoms with Crippen LogP contribution in [0.5, 0.6) is 0 Å². The third-order valence-electron chi connectivity index (χ3n) is 2.81. The van der Waals surface area contributed by atoms with Crippen LogP contribution in [-0.2, 0) is 9.59 Å². The minimum absolute atomic E-state index is 0.151. The second-order valence-corrected chi connectivity index (χ2v) is 3.89. The molecule has 0 N–H and O–H groups in total. The van der Waals surface area contributed by atoms with Gasteiger partial charge in [0.15, 0.2) is 0 Å². The summed E-state index contributed by atoms with van der Waals surface area (Å²) in [5.74, 6) is -0.721. The minimum Gasteiger partial charge on any atom is -0.275 e. The van der Waals surface area contributed by atoms with E-state index in [1.54, 1.807) is 12.1 Å². The second kappa shape index (κ2) is 4.04. The molecule has 2 amide bonds. The predicted octanol–water partition coefficient (Wildman–Crippen LogP) is 2.04. The van der Waals surface area contributed by atoms with E-state index in [1.165, 1.54) is 24.0 Å². The summed E-state index contributed by atoms with van der Waals surface area (Å²) < 4.78 is 12.8. The second-order valence-electron chi connectivity index (χ2n) is 3.89. The fourth-order valence-electron chi connectivity index (χ4n) is 2.08. The van der Waals surface area contributed by atoms with E-state index in [9.17, 15) is 14.0 Å². The van der Waals surface area contributed by atoms with Crippen molar-refractivity contribution in [1.82, 2.24) is 4.90 Å². The molecular formula is C12H12FNO2. The molecule has 1 fully saturated rings. The monoisotopic (exact) mass is 221 g/mol. The lowest BCUT2D eigenvalue weighted by molar-refractivity contribution is -0.142. The number of halogens is 1. The standard InChI is InChI=1S/C12H12FNO2/c1-8(15)14-11(6-7-12(14)16)9-2-4-10(13)5-3-9/h2-5,11H,6-7H2,1H3. The van der Waals surface area contributed by atoms with Crippen LogP contribution >= 0.6 is 0 Å². The van der Waals surface area contributed by atoms with Crippen molar-refractivity contribution in [2.24, 2.45) is 0 Å². The number of imide groups is 1. The third-order valence-corrected chi connectivity index (χ3v) is 2.81. The van der Waals surface area contributed by atoms with Crippen LogP contribution in [0.25, 0.3) is 0 Å². The maximum Gasteiger partial charge on any atom is 0.229 e. The largest absolute Gasteiger partial charge is 0.275 e. The molecule has 0 aromatic heterocycles. The lowest BCUT2D eigenvalue weighted by Crippen LogP contribution is -2.32. The van der Waals surface area contributed by atoms with Crippen LogP contribution in [-0.4, -0.2) is 16.7 Å². The fourth-order valence-corrected chi connectivity index (χ4v) is 2.08. The lowest BCUT2D eigenvalue weighted by Gasteiger charge is -2.21. The van der Waals surface area contributed by atoms with Gasteiger partial charge in [0.05, 0.1) is 6.04 Å². The van der Waals surface area contributed by atoms with Crippen molar-refractivity contribution in [2.45, 2.75) is 25.8 Å². The Morgan fingerprint density at radius 3 is 2.56 bits per heavy atom. The van der Waals surface area contributed by atoms with Crippen molar-refractivity contribution in [2.75, 3.05) is 0 Å². The van der Waals surface area contributed by atoms with Gasteiger partial charge < -0.3 is 0 Å². The SMILES string of the molecule is CC(=O)N1C(=O)CCC1c1ccc(F)cc1. The molecule has 1 saturated heterocycles. The van der Waals surface area contributed by atoms with Gasteiger partial charge in [-0.25, -0.2) is 4.39 Å². The zero-order valence-corrected chi connectivity index (χ0v) is 8.94. The Morgan fingerprint density at radius 2 is 2.00 bits per heavy atom. The number of benzene rings is 1. The average Bonchev–Trinajstić information content (AvgIpc) is 2.61. The van der Waals surface area contributed by atoms with E-state index in [1.807, 2.05) is 0 Å². The predicted molar refractivity (Wildman–Crippen MR) is 55.9 cm³/mol. The maximum absolute atomic E-state index is 12.8. The number of carbonyl (C=O) groups is 2. The third kappa shape index (κ3) is 1.83. The first-order chi connectivity index (χ1) is 7.59. The van der Waals surface area contributed by atoms with Crippen molar-refractivity contribution in [3.05, 3.63) is 35.6 Å². The normalized spacial score (nSPS) is 20.2. The number of amides is 2. The molecule has 2 rings (SSSR count). The molecule has 1 aromatic carbocycles. The zero-order valence-electron chi connectivity index (χ0n) is 8.94. The van der Waals surface area contributed by atoms with Crippen LogP contribution in [0.4, 0.5) is 4.39 Å². The molecule has 1 aliphatic rings. The van der Waals surface area contributed by atoms with E-state index < -0.39 is 0 Å². The summed E-state index contributed by atoms with van der Waals surface area (Å²) in [6.45, 7) is 1.37. The molecule has 3 nitrogen and oxygen atoms in total. The quantitative estimate of drug-likeness (QED) is 0.727. The highest BCUT2D eigenvalue weighted by molar-refractivity contribution is 5.96.